The number of nitrogens with zero attached hydrogens (tertiary/aromatic N) is 2. The highest BCUT2D eigenvalue weighted by atomic mass is 35.5. The Morgan fingerprint density at radius 2 is 1.86 bits per heavy atom. The van der Waals surface area contributed by atoms with Crippen molar-refractivity contribution in [3.8, 4) is 11.7 Å². The topological polar surface area (TPSA) is 85.5 Å². The molecule has 152 valence electrons. The number of carbonyl (C=O) groups excluding carboxylic acids is 1. The number of halogens is 2. The minimum absolute atomic E-state index is 0. The average Bonchev–Trinajstić information content (AvgIpc) is 3.30. The monoisotopic (exact) mass is 425 g/mol. The highest BCUT2D eigenvalue weighted by Gasteiger charge is 2.19. The molecule has 0 spiro atoms. The number of hydrogen-bond acceptors (Lipinski definition) is 5. The molecule has 0 atom stereocenters. The molecular formula is C20H25Cl2N3O3. The summed E-state index contributed by atoms with van der Waals surface area (Å²) in [4.78, 5) is 18.9. The van der Waals surface area contributed by atoms with Crippen LogP contribution in [0, 0.1) is 6.92 Å². The van der Waals surface area contributed by atoms with E-state index in [1.165, 1.54) is 5.56 Å². The van der Waals surface area contributed by atoms with E-state index in [-0.39, 0.29) is 37.1 Å². The highest BCUT2D eigenvalue weighted by Crippen LogP contribution is 2.22. The van der Waals surface area contributed by atoms with Gasteiger partial charge in [0.15, 0.2) is 5.76 Å². The lowest BCUT2D eigenvalue weighted by molar-refractivity contribution is -0.130. The zero-order chi connectivity index (χ0) is 18.4. The van der Waals surface area contributed by atoms with Crippen LogP contribution in [0.2, 0.25) is 0 Å². The molecule has 0 aliphatic heterocycles. The first-order chi connectivity index (χ1) is 12.7. The van der Waals surface area contributed by atoms with Crippen LogP contribution >= 0.6 is 24.8 Å². The van der Waals surface area contributed by atoms with Crippen LogP contribution in [-0.4, -0.2) is 35.4 Å². The normalized spacial score (nSPS) is 10.1. The Bertz CT molecular complexity index is 836. The minimum atomic E-state index is -0.00576. The van der Waals surface area contributed by atoms with Crippen molar-refractivity contribution in [1.29, 1.82) is 0 Å². The van der Waals surface area contributed by atoms with Crippen molar-refractivity contribution in [2.75, 3.05) is 19.6 Å². The number of aromatic nitrogens is 1. The average molecular weight is 426 g/mol. The van der Waals surface area contributed by atoms with E-state index in [0.717, 1.165) is 6.42 Å². The van der Waals surface area contributed by atoms with Crippen LogP contribution in [0.4, 0.5) is 0 Å². The van der Waals surface area contributed by atoms with Crippen LogP contribution in [-0.2, 0) is 17.6 Å². The fraction of sp³-hybridized carbons (Fsp3) is 0.300. The lowest BCUT2D eigenvalue weighted by Gasteiger charge is -2.21. The summed E-state index contributed by atoms with van der Waals surface area (Å²) >= 11 is 0. The fourth-order valence-corrected chi connectivity index (χ4v) is 2.78. The molecule has 6 nitrogen and oxygen atoms in total. The molecule has 2 heterocycles. The van der Waals surface area contributed by atoms with Gasteiger partial charge in [-0.05, 0) is 31.0 Å². The molecule has 0 saturated carbocycles. The van der Waals surface area contributed by atoms with E-state index in [1.54, 1.807) is 30.2 Å². The third kappa shape index (κ3) is 6.12. The molecule has 2 N–H and O–H groups in total. The van der Waals surface area contributed by atoms with E-state index >= 15 is 0 Å². The van der Waals surface area contributed by atoms with E-state index in [9.17, 15) is 4.79 Å². The van der Waals surface area contributed by atoms with Crippen molar-refractivity contribution in [2.45, 2.75) is 19.8 Å². The van der Waals surface area contributed by atoms with E-state index in [1.807, 2.05) is 18.2 Å². The molecule has 0 unspecified atom stereocenters. The smallest absolute Gasteiger partial charge is 0.263 e. The third-order valence-electron chi connectivity index (χ3n) is 4.21. The van der Waals surface area contributed by atoms with Crippen molar-refractivity contribution in [3.63, 3.8) is 0 Å². The maximum absolute atomic E-state index is 12.7. The summed E-state index contributed by atoms with van der Waals surface area (Å²) in [7, 11) is 0. The molecule has 0 fully saturated rings. The van der Waals surface area contributed by atoms with Gasteiger partial charge in [-0.25, -0.2) is 4.98 Å². The maximum Gasteiger partial charge on any atom is 0.263 e. The number of furan rings is 1. The predicted octanol–water partition coefficient (Wildman–Crippen LogP) is 3.66. The molecule has 0 radical (unpaired) electrons. The summed E-state index contributed by atoms with van der Waals surface area (Å²) in [6, 6.07) is 13.6. The van der Waals surface area contributed by atoms with Crippen molar-refractivity contribution in [1.82, 2.24) is 9.88 Å². The van der Waals surface area contributed by atoms with E-state index < -0.39 is 0 Å². The molecule has 2 aromatic heterocycles. The Hall–Kier alpha value is -2.28. The van der Waals surface area contributed by atoms with Gasteiger partial charge in [0, 0.05) is 19.6 Å². The molecule has 3 aromatic rings. The van der Waals surface area contributed by atoms with Gasteiger partial charge in [0.1, 0.15) is 5.76 Å². The quantitative estimate of drug-likeness (QED) is 0.594. The van der Waals surface area contributed by atoms with Gasteiger partial charge < -0.3 is 19.5 Å². The Morgan fingerprint density at radius 1 is 1.11 bits per heavy atom. The van der Waals surface area contributed by atoms with Crippen LogP contribution in [0.5, 0.6) is 0 Å². The number of rotatable bonds is 8. The molecule has 28 heavy (non-hydrogen) atoms. The number of hydrogen-bond donors (Lipinski definition) is 1. The number of carbonyl (C=O) groups is 1. The van der Waals surface area contributed by atoms with Gasteiger partial charge in [-0.1, -0.05) is 30.3 Å². The van der Waals surface area contributed by atoms with Crippen LogP contribution in [0.1, 0.15) is 17.0 Å². The van der Waals surface area contributed by atoms with Crippen molar-refractivity contribution in [2.24, 2.45) is 5.73 Å². The third-order valence-corrected chi connectivity index (χ3v) is 4.21. The zero-order valence-corrected chi connectivity index (χ0v) is 17.3. The Morgan fingerprint density at radius 3 is 2.50 bits per heavy atom. The standard InChI is InChI=1S/C20H23N3O3.2ClH/c1-15-17(22-20(26-15)18-8-5-13-25-18)14-19(24)23(12-10-21)11-9-16-6-3-2-4-7-16;;/h2-8,13H,9-12,14,21H2,1H3;2*1H. The second-order valence-corrected chi connectivity index (χ2v) is 6.08. The molecule has 0 bridgehead atoms. The summed E-state index contributed by atoms with van der Waals surface area (Å²) < 4.78 is 10.9. The first-order valence-corrected chi connectivity index (χ1v) is 8.69. The zero-order valence-electron chi connectivity index (χ0n) is 15.7. The van der Waals surface area contributed by atoms with E-state index in [2.05, 4.69) is 17.1 Å². The lowest BCUT2D eigenvalue weighted by atomic mass is 10.1. The highest BCUT2D eigenvalue weighted by molar-refractivity contribution is 5.85. The summed E-state index contributed by atoms with van der Waals surface area (Å²) in [5.74, 6) is 1.56. The van der Waals surface area contributed by atoms with Gasteiger partial charge in [-0.2, -0.15) is 0 Å². The molecule has 1 amide bonds. The molecule has 0 saturated heterocycles. The van der Waals surface area contributed by atoms with E-state index in [4.69, 9.17) is 14.6 Å². The van der Waals surface area contributed by atoms with E-state index in [0.29, 0.717) is 42.7 Å². The Labute approximate surface area is 176 Å². The predicted molar refractivity (Wildman–Crippen MR) is 113 cm³/mol. The molecule has 0 aliphatic carbocycles. The van der Waals surface area contributed by atoms with Crippen LogP contribution in [0.3, 0.4) is 0 Å². The van der Waals surface area contributed by atoms with Crippen molar-refractivity contribution >= 4 is 30.7 Å². The molecule has 8 heteroatoms. The van der Waals surface area contributed by atoms with Gasteiger partial charge in [-0.15, -0.1) is 24.8 Å². The second kappa shape index (κ2) is 11.5. The Kier molecular flexibility index (Phi) is 9.79. The number of aryl methyl sites for hydroxylation is 1. The fourth-order valence-electron chi connectivity index (χ4n) is 2.78. The van der Waals surface area contributed by atoms with Crippen LogP contribution in [0.25, 0.3) is 11.7 Å². The minimum Gasteiger partial charge on any atom is -0.459 e. The van der Waals surface area contributed by atoms with Crippen molar-refractivity contribution < 1.29 is 13.6 Å². The molecular weight excluding hydrogens is 401 g/mol. The number of benzene rings is 1. The number of nitrogens with two attached hydrogens (primary N) is 1. The maximum atomic E-state index is 12.7. The van der Waals surface area contributed by atoms with Gasteiger partial charge in [0.2, 0.25) is 5.91 Å². The summed E-state index contributed by atoms with van der Waals surface area (Å²) in [5, 5.41) is 0. The second-order valence-electron chi connectivity index (χ2n) is 6.08. The first-order valence-electron chi connectivity index (χ1n) is 8.69. The van der Waals surface area contributed by atoms with Gasteiger partial charge >= 0.3 is 0 Å². The number of oxazole rings is 1. The summed E-state index contributed by atoms with van der Waals surface area (Å²) in [5.41, 5.74) is 7.51. The Balaban J connectivity index is 0.00000196. The summed E-state index contributed by atoms with van der Waals surface area (Å²) in [6.07, 6.45) is 2.54. The first kappa shape index (κ1) is 23.8. The van der Waals surface area contributed by atoms with Crippen LogP contribution in [0.15, 0.2) is 57.6 Å². The molecule has 3 rings (SSSR count). The van der Waals surface area contributed by atoms with Gasteiger partial charge in [0.05, 0.1) is 18.4 Å². The van der Waals surface area contributed by atoms with Crippen LogP contribution < -0.4 is 5.73 Å². The van der Waals surface area contributed by atoms with Gasteiger partial charge in [0.25, 0.3) is 5.89 Å². The van der Waals surface area contributed by atoms with Gasteiger partial charge in [-0.3, -0.25) is 4.79 Å². The summed E-state index contributed by atoms with van der Waals surface area (Å²) in [6.45, 7) is 3.38. The lowest BCUT2D eigenvalue weighted by Crippen LogP contribution is -2.38. The molecule has 0 aliphatic rings. The molecule has 1 aromatic carbocycles. The SMILES string of the molecule is Cc1oc(-c2ccco2)nc1CC(=O)N(CCN)CCc1ccccc1.Cl.Cl. The largest absolute Gasteiger partial charge is 0.459 e. The number of amides is 1. The van der Waals surface area contributed by atoms with Crippen molar-refractivity contribution in [3.05, 3.63) is 65.7 Å².